The maximum Gasteiger partial charge on any atom is 0.279 e. The van der Waals surface area contributed by atoms with E-state index in [-0.39, 0.29) is 5.91 Å². The van der Waals surface area contributed by atoms with E-state index in [4.69, 9.17) is 0 Å². The Kier molecular flexibility index (Phi) is 7.55. The summed E-state index contributed by atoms with van der Waals surface area (Å²) in [6.45, 7) is 7.65. The fourth-order valence-corrected chi connectivity index (χ4v) is 4.48. The molecular formula is C32H32N2O3. The highest BCUT2D eigenvalue weighted by Crippen LogP contribution is 2.32. The minimum atomic E-state index is -2.03. The molecule has 0 aliphatic heterocycles. The topological polar surface area (TPSA) is 69.6 Å². The van der Waals surface area contributed by atoms with Crippen molar-refractivity contribution in [2.24, 2.45) is 0 Å². The van der Waals surface area contributed by atoms with Gasteiger partial charge in [0.05, 0.1) is 6.04 Å². The second-order valence-corrected chi connectivity index (χ2v) is 9.52. The van der Waals surface area contributed by atoms with E-state index < -0.39 is 17.6 Å². The highest BCUT2D eigenvalue weighted by atomic mass is 16.3. The molecule has 2 N–H and O–H groups in total. The quantitative estimate of drug-likeness (QED) is 0.335. The molecule has 0 bridgehead atoms. The first-order valence-corrected chi connectivity index (χ1v) is 12.3. The van der Waals surface area contributed by atoms with Crippen molar-refractivity contribution in [1.82, 2.24) is 10.4 Å². The average molecular weight is 493 g/mol. The van der Waals surface area contributed by atoms with Crippen LogP contribution in [0, 0.1) is 20.8 Å². The molecule has 0 fully saturated rings. The normalized spacial score (nSPS) is 12.0. The summed E-state index contributed by atoms with van der Waals surface area (Å²) in [5, 5.41) is 13.4. The number of hydrogen-bond acceptors (Lipinski definition) is 3. The summed E-state index contributed by atoms with van der Waals surface area (Å²) in [5.74, 6) is -1.09. The van der Waals surface area contributed by atoms with Crippen LogP contribution in [-0.2, 0) is 10.4 Å². The van der Waals surface area contributed by atoms with Crippen molar-refractivity contribution in [3.8, 4) is 0 Å². The monoisotopic (exact) mass is 492 g/mol. The van der Waals surface area contributed by atoms with Crippen molar-refractivity contribution in [1.29, 1.82) is 0 Å². The Morgan fingerprint density at radius 1 is 0.730 bits per heavy atom. The number of hydrogen-bond donors (Lipinski definition) is 2. The third-order valence-electron chi connectivity index (χ3n) is 6.57. The van der Waals surface area contributed by atoms with Crippen LogP contribution in [0.25, 0.3) is 0 Å². The van der Waals surface area contributed by atoms with Gasteiger partial charge in [-0.2, -0.15) is 0 Å². The van der Waals surface area contributed by atoms with Gasteiger partial charge < -0.3 is 5.11 Å². The van der Waals surface area contributed by atoms with Crippen molar-refractivity contribution in [3.63, 3.8) is 0 Å². The predicted octanol–water partition coefficient (Wildman–Crippen LogP) is 5.78. The van der Waals surface area contributed by atoms with Crippen LogP contribution in [0.2, 0.25) is 0 Å². The van der Waals surface area contributed by atoms with Crippen molar-refractivity contribution >= 4 is 11.8 Å². The number of amides is 2. The van der Waals surface area contributed by atoms with Crippen LogP contribution < -0.4 is 5.43 Å². The van der Waals surface area contributed by atoms with Gasteiger partial charge in [0.15, 0.2) is 5.60 Å². The molecule has 0 unspecified atom stereocenters. The lowest BCUT2D eigenvalue weighted by molar-refractivity contribution is -0.141. The molecule has 0 aliphatic rings. The highest BCUT2D eigenvalue weighted by molar-refractivity contribution is 5.97. The van der Waals surface area contributed by atoms with Gasteiger partial charge in [0.1, 0.15) is 0 Å². The molecule has 0 spiro atoms. The first kappa shape index (κ1) is 25.9. The molecule has 4 aromatic carbocycles. The summed E-state index contributed by atoms with van der Waals surface area (Å²) in [4.78, 5) is 27.8. The molecule has 37 heavy (non-hydrogen) atoms. The van der Waals surface area contributed by atoms with E-state index in [1.165, 1.54) is 5.01 Å². The number of carbonyl (C=O) groups excluding carboxylic acids is 2. The first-order valence-electron chi connectivity index (χ1n) is 12.3. The lowest BCUT2D eigenvalue weighted by Crippen LogP contribution is -2.55. The molecule has 0 radical (unpaired) electrons. The smallest absolute Gasteiger partial charge is 0.279 e. The number of benzene rings is 4. The van der Waals surface area contributed by atoms with E-state index in [9.17, 15) is 14.7 Å². The molecule has 4 aromatic rings. The van der Waals surface area contributed by atoms with Crippen molar-refractivity contribution in [3.05, 3.63) is 142 Å². The van der Waals surface area contributed by atoms with E-state index >= 15 is 0 Å². The molecule has 0 saturated heterocycles. The zero-order valence-corrected chi connectivity index (χ0v) is 21.6. The van der Waals surface area contributed by atoms with Crippen molar-refractivity contribution < 1.29 is 14.7 Å². The number of nitrogens with one attached hydrogen (secondary N) is 1. The van der Waals surface area contributed by atoms with Crippen molar-refractivity contribution in [2.75, 3.05) is 0 Å². The average Bonchev–Trinajstić information content (AvgIpc) is 2.91. The van der Waals surface area contributed by atoms with E-state index in [0.717, 1.165) is 22.3 Å². The summed E-state index contributed by atoms with van der Waals surface area (Å²) in [5.41, 5.74) is 5.76. The minimum absolute atomic E-state index is 0.376. The molecule has 2 amide bonds. The van der Waals surface area contributed by atoms with E-state index in [0.29, 0.717) is 16.7 Å². The molecule has 188 valence electrons. The summed E-state index contributed by atoms with van der Waals surface area (Å²) < 4.78 is 0. The van der Waals surface area contributed by atoms with Crippen LogP contribution in [0.5, 0.6) is 0 Å². The molecule has 0 heterocycles. The summed E-state index contributed by atoms with van der Waals surface area (Å²) in [6.07, 6.45) is 0. The number of aryl methyl sites for hydroxylation is 3. The largest absolute Gasteiger partial charge is 0.372 e. The first-order chi connectivity index (χ1) is 17.7. The Morgan fingerprint density at radius 2 is 1.24 bits per heavy atom. The van der Waals surface area contributed by atoms with Crippen LogP contribution in [0.3, 0.4) is 0 Å². The Bertz CT molecular complexity index is 1370. The molecule has 0 aromatic heterocycles. The standard InChI is InChI=1S/C32H32N2O3/c1-22-11-8-16-27(19-22)25(4)34(30(35)26-14-6-5-7-15-26)33-31(36)32(37,28-17-9-12-23(2)20-28)29-18-10-13-24(3)21-29/h5-21,25,37H,1-4H3,(H,33,36)/t25-/m0/s1. The van der Waals surface area contributed by atoms with E-state index in [1.807, 2.05) is 70.2 Å². The Morgan fingerprint density at radius 3 is 1.76 bits per heavy atom. The highest BCUT2D eigenvalue weighted by Gasteiger charge is 2.42. The summed E-state index contributed by atoms with van der Waals surface area (Å²) in [6, 6.07) is 30.5. The van der Waals surface area contributed by atoms with Gasteiger partial charge in [0, 0.05) is 5.56 Å². The van der Waals surface area contributed by atoms with Gasteiger partial charge in [-0.05, 0) is 56.5 Å². The van der Waals surface area contributed by atoms with Gasteiger partial charge in [0.2, 0.25) is 0 Å². The number of rotatable bonds is 6. The number of hydrazine groups is 1. The number of aliphatic hydroxyl groups is 1. The van der Waals surface area contributed by atoms with Crippen LogP contribution in [0.1, 0.15) is 56.7 Å². The zero-order valence-electron chi connectivity index (χ0n) is 21.6. The molecule has 5 heteroatoms. The fraction of sp³-hybridized carbons (Fsp3) is 0.188. The second kappa shape index (κ2) is 10.8. The third kappa shape index (κ3) is 5.47. The maximum absolute atomic E-state index is 14.1. The van der Waals surface area contributed by atoms with E-state index in [2.05, 4.69) is 5.43 Å². The number of nitrogens with zero attached hydrogens (tertiary/aromatic N) is 1. The lowest BCUT2D eigenvalue weighted by atomic mass is 9.84. The molecule has 4 rings (SSSR count). The molecule has 1 atom stereocenters. The Labute approximate surface area is 218 Å². The fourth-order valence-electron chi connectivity index (χ4n) is 4.48. The molecular weight excluding hydrogens is 460 g/mol. The van der Waals surface area contributed by atoms with Crippen LogP contribution in [0.4, 0.5) is 0 Å². The number of carbonyl (C=O) groups is 2. The van der Waals surface area contributed by atoms with Gasteiger partial charge in [-0.3, -0.25) is 15.0 Å². The second-order valence-electron chi connectivity index (χ2n) is 9.52. The van der Waals surface area contributed by atoms with Gasteiger partial charge in [-0.15, -0.1) is 0 Å². The lowest BCUT2D eigenvalue weighted by Gasteiger charge is -2.35. The zero-order chi connectivity index (χ0) is 26.6. The van der Waals surface area contributed by atoms with Crippen LogP contribution in [0.15, 0.2) is 103 Å². The van der Waals surface area contributed by atoms with Gasteiger partial charge in [-0.25, -0.2) is 5.01 Å². The summed E-state index contributed by atoms with van der Waals surface area (Å²) >= 11 is 0. The van der Waals surface area contributed by atoms with Crippen LogP contribution in [-0.4, -0.2) is 21.9 Å². The van der Waals surface area contributed by atoms with Crippen molar-refractivity contribution in [2.45, 2.75) is 39.3 Å². The minimum Gasteiger partial charge on any atom is -0.372 e. The maximum atomic E-state index is 14.1. The van der Waals surface area contributed by atoms with Crippen LogP contribution >= 0.6 is 0 Å². The predicted molar refractivity (Wildman–Crippen MR) is 146 cm³/mol. The molecule has 5 nitrogen and oxygen atoms in total. The molecule has 0 aliphatic carbocycles. The molecule has 0 saturated carbocycles. The Balaban J connectivity index is 1.81. The van der Waals surface area contributed by atoms with Gasteiger partial charge >= 0.3 is 0 Å². The third-order valence-corrected chi connectivity index (χ3v) is 6.57. The summed E-state index contributed by atoms with van der Waals surface area (Å²) in [7, 11) is 0. The van der Waals surface area contributed by atoms with E-state index in [1.54, 1.807) is 60.7 Å². The van der Waals surface area contributed by atoms with Gasteiger partial charge in [0.25, 0.3) is 11.8 Å². The SMILES string of the molecule is Cc1cccc([C@H](C)N(NC(=O)C(O)(c2cccc(C)c2)c2cccc(C)c2)C(=O)c2ccccc2)c1. The van der Waals surface area contributed by atoms with Gasteiger partial charge in [-0.1, -0.05) is 108 Å². The Hall–Kier alpha value is -4.22.